The molecule has 1 N–H and O–H groups in total. The van der Waals surface area contributed by atoms with Crippen LogP contribution in [-0.4, -0.2) is 29.1 Å². The van der Waals surface area contributed by atoms with Crippen molar-refractivity contribution in [2.75, 3.05) is 13.1 Å². The first-order chi connectivity index (χ1) is 17.4. The molecule has 0 spiro atoms. The molecule has 1 aromatic heterocycles. The van der Waals surface area contributed by atoms with Crippen molar-refractivity contribution in [1.82, 2.24) is 4.90 Å². The minimum absolute atomic E-state index is 0.122. The molecule has 1 aliphatic carbocycles. The van der Waals surface area contributed by atoms with Gasteiger partial charge in [-0.25, -0.2) is 4.39 Å². The van der Waals surface area contributed by atoms with E-state index in [1.165, 1.54) is 12.1 Å². The Morgan fingerprint density at radius 1 is 1.14 bits per heavy atom. The molecular weight excluding hydrogens is 455 g/mol. The summed E-state index contributed by atoms with van der Waals surface area (Å²) >= 11 is 0. The van der Waals surface area contributed by atoms with Crippen LogP contribution in [0.15, 0.2) is 59.0 Å². The number of nitriles is 1. The summed E-state index contributed by atoms with van der Waals surface area (Å²) in [5, 5.41) is 20.4. The van der Waals surface area contributed by atoms with Gasteiger partial charge in [0.25, 0.3) is 0 Å². The lowest BCUT2D eigenvalue weighted by molar-refractivity contribution is -0.141. The molecule has 2 heterocycles. The summed E-state index contributed by atoms with van der Waals surface area (Å²) in [7, 11) is 0. The summed E-state index contributed by atoms with van der Waals surface area (Å²) in [6, 6.07) is 19.0. The van der Waals surface area contributed by atoms with Crippen molar-refractivity contribution < 1.29 is 18.7 Å². The molecule has 2 aliphatic rings. The van der Waals surface area contributed by atoms with Gasteiger partial charge in [-0.15, -0.1) is 0 Å². The van der Waals surface area contributed by atoms with E-state index in [1.54, 1.807) is 6.07 Å². The smallest absolute Gasteiger partial charge is 0.307 e. The lowest BCUT2D eigenvalue weighted by Crippen LogP contribution is -2.26. The van der Waals surface area contributed by atoms with Crippen LogP contribution in [0.3, 0.4) is 0 Å². The maximum Gasteiger partial charge on any atom is 0.307 e. The van der Waals surface area contributed by atoms with E-state index in [9.17, 15) is 19.6 Å². The number of halogens is 1. The second-order valence-electron chi connectivity index (χ2n) is 9.82. The monoisotopic (exact) mass is 480 g/mol. The summed E-state index contributed by atoms with van der Waals surface area (Å²) in [6.07, 6.45) is 2.31. The fourth-order valence-electron chi connectivity index (χ4n) is 6.02. The number of fused-ring (bicyclic) bond motifs is 2. The molecule has 1 saturated heterocycles. The molecule has 0 saturated carbocycles. The molecule has 1 aliphatic heterocycles. The van der Waals surface area contributed by atoms with Gasteiger partial charge in [-0.1, -0.05) is 30.3 Å². The fraction of sp³-hybridized carbons (Fsp3) is 0.267. The van der Waals surface area contributed by atoms with E-state index in [2.05, 4.69) is 17.0 Å². The Balaban J connectivity index is 1.42. The van der Waals surface area contributed by atoms with Gasteiger partial charge in [-0.3, -0.25) is 9.69 Å². The molecule has 180 valence electrons. The van der Waals surface area contributed by atoms with Crippen LogP contribution in [-0.2, 0) is 11.2 Å². The zero-order valence-corrected chi connectivity index (χ0v) is 19.9. The third kappa shape index (κ3) is 3.59. The number of carboxylic acid groups (broad SMARTS) is 1. The summed E-state index contributed by atoms with van der Waals surface area (Å²) in [6.45, 7) is 3.29. The quantitative estimate of drug-likeness (QED) is 0.362. The second-order valence-corrected chi connectivity index (χ2v) is 9.82. The number of hydrogen-bond acceptors (Lipinski definition) is 4. The highest BCUT2D eigenvalue weighted by Crippen LogP contribution is 2.44. The molecule has 2 atom stereocenters. The Morgan fingerprint density at radius 2 is 1.94 bits per heavy atom. The molecule has 0 bridgehead atoms. The van der Waals surface area contributed by atoms with Crippen molar-refractivity contribution >= 4 is 16.9 Å². The normalized spacial score (nSPS) is 19.5. The molecule has 0 unspecified atom stereocenters. The van der Waals surface area contributed by atoms with Gasteiger partial charge < -0.3 is 9.52 Å². The van der Waals surface area contributed by atoms with E-state index in [1.807, 2.05) is 37.3 Å². The number of carbonyl (C=O) groups is 1. The van der Waals surface area contributed by atoms with Crippen molar-refractivity contribution in [3.05, 3.63) is 82.7 Å². The average Bonchev–Trinajstić information content (AvgIpc) is 3.60. The lowest BCUT2D eigenvalue weighted by atomic mass is 9.95. The average molecular weight is 481 g/mol. The largest absolute Gasteiger partial charge is 0.481 e. The highest BCUT2D eigenvalue weighted by Gasteiger charge is 2.37. The number of likely N-dealkylation sites (tertiary alicyclic amines) is 1. The minimum atomic E-state index is -0.737. The zero-order chi connectivity index (χ0) is 25.0. The van der Waals surface area contributed by atoms with E-state index in [-0.39, 0.29) is 17.8 Å². The van der Waals surface area contributed by atoms with Crippen LogP contribution in [0.1, 0.15) is 41.1 Å². The van der Waals surface area contributed by atoms with Gasteiger partial charge in [0.05, 0.1) is 11.5 Å². The zero-order valence-electron chi connectivity index (χ0n) is 19.9. The number of rotatable bonds is 4. The standard InChI is InChI=1S/C30H25FN2O3/c1-17-22(18-4-2-5-21(31)12-18)6-3-7-23(17)28-14-20-13-25-24(26(15-32)29(20)36-28)8-9-27(25)33-11-10-19(16-33)30(34)35/h2-7,12-14,19,27H,8-11,16H2,1H3,(H,34,35)/t19-,27-/m1/s1. The summed E-state index contributed by atoms with van der Waals surface area (Å²) in [4.78, 5) is 13.7. The Kier molecular flexibility index (Phi) is 5.39. The molecule has 5 nitrogen and oxygen atoms in total. The highest BCUT2D eigenvalue weighted by molar-refractivity contribution is 5.90. The van der Waals surface area contributed by atoms with Crippen LogP contribution >= 0.6 is 0 Å². The first-order valence-electron chi connectivity index (χ1n) is 12.3. The first kappa shape index (κ1) is 22.5. The molecular formula is C30H25FN2O3. The van der Waals surface area contributed by atoms with Crippen molar-refractivity contribution in [2.45, 2.75) is 32.2 Å². The van der Waals surface area contributed by atoms with Crippen LogP contribution < -0.4 is 0 Å². The van der Waals surface area contributed by atoms with E-state index in [4.69, 9.17) is 4.42 Å². The highest BCUT2D eigenvalue weighted by atomic mass is 19.1. The topological polar surface area (TPSA) is 77.5 Å². The molecule has 3 aromatic carbocycles. The van der Waals surface area contributed by atoms with Crippen molar-refractivity contribution in [3.8, 4) is 28.5 Å². The van der Waals surface area contributed by atoms with Crippen LogP contribution in [0, 0.1) is 30.0 Å². The van der Waals surface area contributed by atoms with Crippen LogP contribution in [0.4, 0.5) is 4.39 Å². The fourth-order valence-corrected chi connectivity index (χ4v) is 6.02. The van der Waals surface area contributed by atoms with Crippen LogP contribution in [0.5, 0.6) is 0 Å². The van der Waals surface area contributed by atoms with Gasteiger partial charge in [0.2, 0.25) is 0 Å². The second kappa shape index (κ2) is 8.61. The number of furan rings is 1. The van der Waals surface area contributed by atoms with E-state index in [0.717, 1.165) is 58.2 Å². The number of nitrogens with zero attached hydrogens (tertiary/aromatic N) is 2. The number of carboxylic acids is 1. The third-order valence-corrected chi connectivity index (χ3v) is 7.83. The molecule has 6 heteroatoms. The van der Waals surface area contributed by atoms with Gasteiger partial charge in [0, 0.05) is 23.5 Å². The van der Waals surface area contributed by atoms with Gasteiger partial charge in [0.1, 0.15) is 17.6 Å². The van der Waals surface area contributed by atoms with Crippen LogP contribution in [0.2, 0.25) is 0 Å². The summed E-state index contributed by atoms with van der Waals surface area (Å²) < 4.78 is 20.2. The van der Waals surface area contributed by atoms with Gasteiger partial charge in [0.15, 0.2) is 5.58 Å². The Morgan fingerprint density at radius 3 is 2.69 bits per heavy atom. The number of aliphatic carboxylic acids is 1. The maximum atomic E-state index is 13.9. The molecule has 0 amide bonds. The SMILES string of the molecule is Cc1c(-c2cccc(F)c2)cccc1-c1cc2cc3c(c(C#N)c2o1)CC[C@H]3N1CC[C@@H](C(=O)O)C1. The predicted octanol–water partition coefficient (Wildman–Crippen LogP) is 6.48. The van der Waals surface area contributed by atoms with E-state index in [0.29, 0.717) is 29.9 Å². The Bertz CT molecular complexity index is 1560. The third-order valence-electron chi connectivity index (χ3n) is 7.83. The molecule has 4 aromatic rings. The molecule has 6 rings (SSSR count). The van der Waals surface area contributed by atoms with Crippen molar-refractivity contribution in [2.24, 2.45) is 5.92 Å². The van der Waals surface area contributed by atoms with E-state index < -0.39 is 5.97 Å². The van der Waals surface area contributed by atoms with Crippen molar-refractivity contribution in [3.63, 3.8) is 0 Å². The number of benzene rings is 3. The van der Waals surface area contributed by atoms with Crippen molar-refractivity contribution in [1.29, 1.82) is 5.26 Å². The number of hydrogen-bond donors (Lipinski definition) is 1. The summed E-state index contributed by atoms with van der Waals surface area (Å²) in [5.74, 6) is -0.678. The van der Waals surface area contributed by atoms with Crippen LogP contribution in [0.25, 0.3) is 33.4 Å². The maximum absolute atomic E-state index is 13.9. The Labute approximate surface area is 208 Å². The van der Waals surface area contributed by atoms with Gasteiger partial charge >= 0.3 is 5.97 Å². The van der Waals surface area contributed by atoms with Gasteiger partial charge in [-0.05, 0) is 84.8 Å². The molecule has 1 fully saturated rings. The first-order valence-corrected chi connectivity index (χ1v) is 12.3. The predicted molar refractivity (Wildman–Crippen MR) is 135 cm³/mol. The minimum Gasteiger partial charge on any atom is -0.481 e. The van der Waals surface area contributed by atoms with Gasteiger partial charge in [-0.2, -0.15) is 5.26 Å². The summed E-state index contributed by atoms with van der Waals surface area (Å²) in [5.41, 5.74) is 6.90. The molecule has 36 heavy (non-hydrogen) atoms. The van der Waals surface area contributed by atoms with E-state index >= 15 is 0 Å². The Hall–Kier alpha value is -3.95. The molecule has 0 radical (unpaired) electrons. The lowest BCUT2D eigenvalue weighted by Gasteiger charge is -2.24.